The minimum atomic E-state index is -0.197. The summed E-state index contributed by atoms with van der Waals surface area (Å²) in [6, 6.07) is 5.81. The molecule has 0 aliphatic carbocycles. The highest BCUT2D eigenvalue weighted by molar-refractivity contribution is 5.89. The summed E-state index contributed by atoms with van der Waals surface area (Å²) in [4.78, 5) is 13.3. The molecule has 0 fully saturated rings. The second kappa shape index (κ2) is 5.23. The maximum atomic E-state index is 11.9. The van der Waals surface area contributed by atoms with Gasteiger partial charge < -0.3 is 9.88 Å². The third kappa shape index (κ3) is 2.83. The first-order chi connectivity index (χ1) is 10.1. The van der Waals surface area contributed by atoms with Gasteiger partial charge >= 0.3 is 0 Å². The number of aryl methyl sites for hydroxylation is 2. The summed E-state index contributed by atoms with van der Waals surface area (Å²) in [6.45, 7) is 0.126. The van der Waals surface area contributed by atoms with Crippen molar-refractivity contribution in [3.8, 4) is 11.4 Å². The minimum absolute atomic E-state index is 0.126. The van der Waals surface area contributed by atoms with E-state index in [1.807, 2.05) is 36.0 Å². The lowest BCUT2D eigenvalue weighted by Crippen LogP contribution is -2.19. The molecule has 3 aromatic heterocycles. The number of hydrogen-bond acceptors (Lipinski definition) is 4. The molecule has 0 bridgehead atoms. The number of aromatic nitrogens is 6. The van der Waals surface area contributed by atoms with E-state index in [0.717, 1.165) is 11.4 Å². The molecule has 3 heterocycles. The largest absolute Gasteiger partial charge is 0.349 e. The molecule has 0 aliphatic rings. The number of carbonyl (C=O) groups is 1. The van der Waals surface area contributed by atoms with Crippen molar-refractivity contribution in [2.24, 2.45) is 14.1 Å². The SMILES string of the molecule is Cn1ncc(NC(=O)Cn2ccc(-c3cccn3C)n2)n1. The minimum Gasteiger partial charge on any atom is -0.349 e. The molecule has 1 amide bonds. The van der Waals surface area contributed by atoms with Crippen LogP contribution in [0.25, 0.3) is 11.4 Å². The van der Waals surface area contributed by atoms with Crippen molar-refractivity contribution in [2.75, 3.05) is 5.32 Å². The number of hydrogen-bond donors (Lipinski definition) is 1. The van der Waals surface area contributed by atoms with E-state index < -0.39 is 0 Å². The van der Waals surface area contributed by atoms with Gasteiger partial charge in [-0.25, -0.2) is 0 Å². The molecule has 0 saturated carbocycles. The second-order valence-electron chi connectivity index (χ2n) is 4.67. The van der Waals surface area contributed by atoms with Crippen LogP contribution in [-0.4, -0.2) is 35.2 Å². The van der Waals surface area contributed by atoms with Crippen LogP contribution in [0.15, 0.2) is 36.8 Å². The Morgan fingerprint density at radius 1 is 1.24 bits per heavy atom. The number of amides is 1. The molecule has 108 valence electrons. The molecule has 0 radical (unpaired) electrons. The van der Waals surface area contributed by atoms with E-state index in [1.165, 1.54) is 11.0 Å². The van der Waals surface area contributed by atoms with Crippen LogP contribution in [0.3, 0.4) is 0 Å². The van der Waals surface area contributed by atoms with Crippen LogP contribution >= 0.6 is 0 Å². The lowest BCUT2D eigenvalue weighted by Gasteiger charge is -2.02. The second-order valence-corrected chi connectivity index (χ2v) is 4.67. The van der Waals surface area contributed by atoms with Gasteiger partial charge in [0.2, 0.25) is 5.91 Å². The Morgan fingerprint density at radius 3 is 2.76 bits per heavy atom. The maximum Gasteiger partial charge on any atom is 0.247 e. The van der Waals surface area contributed by atoms with Gasteiger partial charge in [0.25, 0.3) is 0 Å². The van der Waals surface area contributed by atoms with Gasteiger partial charge in [0.15, 0.2) is 5.82 Å². The van der Waals surface area contributed by atoms with Crippen molar-refractivity contribution >= 4 is 11.7 Å². The predicted molar refractivity (Wildman–Crippen MR) is 76.3 cm³/mol. The van der Waals surface area contributed by atoms with Crippen molar-refractivity contribution in [2.45, 2.75) is 6.54 Å². The first kappa shape index (κ1) is 13.1. The summed E-state index contributed by atoms with van der Waals surface area (Å²) >= 11 is 0. The van der Waals surface area contributed by atoms with Gasteiger partial charge in [-0.1, -0.05) is 0 Å². The molecule has 0 saturated heterocycles. The van der Waals surface area contributed by atoms with E-state index in [-0.39, 0.29) is 12.5 Å². The molecule has 0 unspecified atom stereocenters. The van der Waals surface area contributed by atoms with Gasteiger partial charge in [-0.15, -0.1) is 5.10 Å². The standard InChI is InChI=1S/C13H15N7O/c1-18-6-3-4-11(18)10-5-7-20(16-10)9-13(21)15-12-8-14-19(2)17-12/h3-8H,9H2,1-2H3,(H,15,17,21). The van der Waals surface area contributed by atoms with Gasteiger partial charge in [0.1, 0.15) is 12.2 Å². The fourth-order valence-corrected chi connectivity index (χ4v) is 2.05. The molecule has 0 spiro atoms. The Hall–Kier alpha value is -2.90. The maximum absolute atomic E-state index is 11.9. The number of nitrogens with zero attached hydrogens (tertiary/aromatic N) is 6. The predicted octanol–water partition coefficient (Wildman–Crippen LogP) is 0.656. The van der Waals surface area contributed by atoms with E-state index in [2.05, 4.69) is 20.6 Å². The van der Waals surface area contributed by atoms with Crippen LogP contribution in [0.1, 0.15) is 0 Å². The van der Waals surface area contributed by atoms with Crippen LogP contribution in [0.4, 0.5) is 5.82 Å². The summed E-state index contributed by atoms with van der Waals surface area (Å²) in [6.07, 6.45) is 5.23. The van der Waals surface area contributed by atoms with Gasteiger partial charge in [-0.2, -0.15) is 15.0 Å². The molecule has 0 atom stereocenters. The molecular formula is C13H15N7O. The average molecular weight is 285 g/mol. The van der Waals surface area contributed by atoms with Crippen molar-refractivity contribution in [3.63, 3.8) is 0 Å². The Bertz CT molecular complexity index is 767. The van der Waals surface area contributed by atoms with Crippen LogP contribution < -0.4 is 5.32 Å². The Morgan fingerprint density at radius 2 is 2.10 bits per heavy atom. The molecular weight excluding hydrogens is 270 g/mol. The summed E-state index contributed by atoms with van der Waals surface area (Å²) in [7, 11) is 3.64. The van der Waals surface area contributed by atoms with Crippen molar-refractivity contribution in [1.29, 1.82) is 0 Å². The first-order valence-electron chi connectivity index (χ1n) is 6.43. The third-order valence-electron chi connectivity index (χ3n) is 3.02. The zero-order valence-electron chi connectivity index (χ0n) is 11.8. The van der Waals surface area contributed by atoms with Gasteiger partial charge in [-0.05, 0) is 18.2 Å². The number of nitrogens with one attached hydrogen (secondary N) is 1. The quantitative estimate of drug-likeness (QED) is 0.763. The highest BCUT2D eigenvalue weighted by atomic mass is 16.2. The molecule has 0 aromatic carbocycles. The van der Waals surface area contributed by atoms with Crippen LogP contribution in [0, 0.1) is 0 Å². The average Bonchev–Trinajstić information content (AvgIpc) is 3.12. The number of anilines is 1. The summed E-state index contributed by atoms with van der Waals surface area (Å²) in [5.41, 5.74) is 1.83. The molecule has 8 nitrogen and oxygen atoms in total. The lowest BCUT2D eigenvalue weighted by atomic mass is 10.3. The zero-order valence-corrected chi connectivity index (χ0v) is 11.8. The third-order valence-corrected chi connectivity index (χ3v) is 3.02. The Kier molecular flexibility index (Phi) is 3.27. The fraction of sp³-hybridized carbons (Fsp3) is 0.231. The molecule has 1 N–H and O–H groups in total. The van der Waals surface area contributed by atoms with Crippen molar-refractivity contribution in [1.82, 2.24) is 29.3 Å². The lowest BCUT2D eigenvalue weighted by molar-refractivity contribution is -0.116. The van der Waals surface area contributed by atoms with Crippen LogP contribution in [0.5, 0.6) is 0 Å². The Balaban J connectivity index is 1.67. The molecule has 3 aromatic rings. The summed E-state index contributed by atoms with van der Waals surface area (Å²) in [5, 5.41) is 14.9. The molecule has 0 aliphatic heterocycles. The van der Waals surface area contributed by atoms with Gasteiger partial charge in [-0.3, -0.25) is 9.48 Å². The fourth-order valence-electron chi connectivity index (χ4n) is 2.05. The van der Waals surface area contributed by atoms with Crippen LogP contribution in [0.2, 0.25) is 0 Å². The van der Waals surface area contributed by atoms with E-state index in [0.29, 0.717) is 5.82 Å². The first-order valence-corrected chi connectivity index (χ1v) is 6.43. The number of rotatable bonds is 4. The van der Waals surface area contributed by atoms with Crippen LogP contribution in [-0.2, 0) is 25.4 Å². The summed E-state index contributed by atoms with van der Waals surface area (Å²) in [5.74, 6) is 0.231. The van der Waals surface area contributed by atoms with Gasteiger partial charge in [0.05, 0.1) is 11.9 Å². The highest BCUT2D eigenvalue weighted by Crippen LogP contribution is 2.16. The Labute approximate surface area is 121 Å². The smallest absolute Gasteiger partial charge is 0.247 e. The zero-order chi connectivity index (χ0) is 14.8. The van der Waals surface area contributed by atoms with Crippen molar-refractivity contribution in [3.05, 3.63) is 36.8 Å². The van der Waals surface area contributed by atoms with E-state index in [4.69, 9.17) is 0 Å². The van der Waals surface area contributed by atoms with Gasteiger partial charge in [0, 0.05) is 26.5 Å². The monoisotopic (exact) mass is 285 g/mol. The molecule has 3 rings (SSSR count). The highest BCUT2D eigenvalue weighted by Gasteiger charge is 2.09. The van der Waals surface area contributed by atoms with Crippen molar-refractivity contribution < 1.29 is 4.79 Å². The molecule has 21 heavy (non-hydrogen) atoms. The summed E-state index contributed by atoms with van der Waals surface area (Å²) < 4.78 is 3.57. The molecule has 8 heteroatoms. The number of carbonyl (C=O) groups excluding carboxylic acids is 1. The normalized spacial score (nSPS) is 10.8. The van der Waals surface area contributed by atoms with E-state index in [9.17, 15) is 4.79 Å². The van der Waals surface area contributed by atoms with E-state index >= 15 is 0 Å². The van der Waals surface area contributed by atoms with E-state index in [1.54, 1.807) is 17.9 Å². The topological polar surface area (TPSA) is 82.6 Å².